The minimum absolute atomic E-state index is 0.157. The van der Waals surface area contributed by atoms with Gasteiger partial charge in [0.1, 0.15) is 0 Å². The predicted molar refractivity (Wildman–Crippen MR) is 122 cm³/mol. The van der Waals surface area contributed by atoms with E-state index in [0.29, 0.717) is 36.5 Å². The normalized spacial score (nSPS) is 14.5. The number of nitrogens with zero attached hydrogens (tertiary/aromatic N) is 3. The van der Waals surface area contributed by atoms with Gasteiger partial charge in [0.2, 0.25) is 21.8 Å². The molecule has 2 aromatic carbocycles. The third-order valence-corrected chi connectivity index (χ3v) is 7.26. The molecule has 0 bridgehead atoms. The molecule has 0 radical (unpaired) electrons. The fourth-order valence-electron chi connectivity index (χ4n) is 3.75. The molecule has 2 heterocycles. The van der Waals surface area contributed by atoms with Gasteiger partial charge in [-0.2, -0.15) is 4.31 Å². The van der Waals surface area contributed by atoms with Gasteiger partial charge in [-0.1, -0.05) is 0 Å². The zero-order valence-electron chi connectivity index (χ0n) is 17.7. The van der Waals surface area contributed by atoms with Crippen LogP contribution in [0.5, 0.6) is 0 Å². The first-order valence-electron chi connectivity index (χ1n) is 10.5. The Balaban J connectivity index is 1.39. The van der Waals surface area contributed by atoms with Crippen molar-refractivity contribution in [3.05, 3.63) is 48.8 Å². The number of carbonyl (C=O) groups excluding carboxylic acids is 2. The van der Waals surface area contributed by atoms with Crippen LogP contribution in [0.2, 0.25) is 0 Å². The Morgan fingerprint density at radius 2 is 1.66 bits per heavy atom. The highest BCUT2D eigenvalue weighted by Gasteiger charge is 2.27. The van der Waals surface area contributed by atoms with Gasteiger partial charge in [0.05, 0.1) is 22.3 Å². The van der Waals surface area contributed by atoms with Crippen LogP contribution in [0.15, 0.2) is 53.7 Å². The van der Waals surface area contributed by atoms with E-state index in [1.54, 1.807) is 48.8 Å². The minimum Gasteiger partial charge on any atom is -0.330 e. The first-order valence-corrected chi connectivity index (χ1v) is 11.9. The monoisotopic (exact) mass is 455 g/mol. The second kappa shape index (κ2) is 9.09. The van der Waals surface area contributed by atoms with Crippen molar-refractivity contribution in [2.75, 3.05) is 23.7 Å². The van der Waals surface area contributed by atoms with Gasteiger partial charge in [-0.15, -0.1) is 0 Å². The number of hydrogen-bond donors (Lipinski definition) is 2. The lowest BCUT2D eigenvalue weighted by Crippen LogP contribution is -2.27. The summed E-state index contributed by atoms with van der Waals surface area (Å²) in [6, 6.07) is 11.8. The van der Waals surface area contributed by atoms with Gasteiger partial charge in [0, 0.05) is 44.4 Å². The van der Waals surface area contributed by atoms with Crippen LogP contribution < -0.4 is 10.6 Å². The van der Waals surface area contributed by atoms with Crippen LogP contribution in [-0.2, 0) is 26.2 Å². The Bertz CT molecular complexity index is 1250. The van der Waals surface area contributed by atoms with Crippen molar-refractivity contribution in [1.29, 1.82) is 0 Å². The maximum atomic E-state index is 12.8. The number of aromatic nitrogens is 2. The molecule has 9 nitrogen and oxygen atoms in total. The fraction of sp³-hybridized carbons (Fsp3) is 0.318. The van der Waals surface area contributed by atoms with Gasteiger partial charge in [-0.3, -0.25) is 9.59 Å². The summed E-state index contributed by atoms with van der Waals surface area (Å²) < 4.78 is 28.9. The minimum atomic E-state index is -3.49. The van der Waals surface area contributed by atoms with Crippen molar-refractivity contribution in [2.45, 2.75) is 37.6 Å². The van der Waals surface area contributed by atoms with Crippen LogP contribution in [0.1, 0.15) is 26.2 Å². The SMILES string of the molecule is CC(=O)Nc1ccc(NC(=O)CCn2cnc3cc(S(=O)(=O)N4CCCC4)ccc32)cc1. The van der Waals surface area contributed by atoms with E-state index in [9.17, 15) is 18.0 Å². The van der Waals surface area contributed by atoms with Gasteiger partial charge in [-0.25, -0.2) is 13.4 Å². The van der Waals surface area contributed by atoms with E-state index in [0.717, 1.165) is 18.4 Å². The maximum Gasteiger partial charge on any atom is 0.243 e. The summed E-state index contributed by atoms with van der Waals surface area (Å²) in [6.07, 6.45) is 3.62. The molecular formula is C22H25N5O4S. The molecule has 2 amide bonds. The van der Waals surface area contributed by atoms with Crippen molar-refractivity contribution >= 4 is 44.2 Å². The van der Waals surface area contributed by atoms with Crippen LogP contribution in [0, 0.1) is 0 Å². The number of amides is 2. The van der Waals surface area contributed by atoms with E-state index in [1.807, 2.05) is 4.57 Å². The summed E-state index contributed by atoms with van der Waals surface area (Å²) in [4.78, 5) is 28.0. The van der Waals surface area contributed by atoms with Crippen LogP contribution in [-0.4, -0.2) is 47.2 Å². The second-order valence-corrected chi connectivity index (χ2v) is 9.69. The highest BCUT2D eigenvalue weighted by Crippen LogP contribution is 2.24. The van der Waals surface area contributed by atoms with Gasteiger partial charge in [-0.05, 0) is 55.3 Å². The van der Waals surface area contributed by atoms with Crippen molar-refractivity contribution in [1.82, 2.24) is 13.9 Å². The molecular weight excluding hydrogens is 430 g/mol. The first-order chi connectivity index (χ1) is 15.3. The summed E-state index contributed by atoms with van der Waals surface area (Å²) in [5.74, 6) is -0.317. The van der Waals surface area contributed by atoms with Crippen LogP contribution in [0.4, 0.5) is 11.4 Å². The number of benzene rings is 2. The molecule has 10 heteroatoms. The highest BCUT2D eigenvalue weighted by atomic mass is 32.2. The molecule has 32 heavy (non-hydrogen) atoms. The number of carbonyl (C=O) groups is 2. The lowest BCUT2D eigenvalue weighted by Gasteiger charge is -2.15. The van der Waals surface area contributed by atoms with Crippen LogP contribution in [0.25, 0.3) is 11.0 Å². The van der Waals surface area contributed by atoms with E-state index in [-0.39, 0.29) is 23.1 Å². The van der Waals surface area contributed by atoms with E-state index >= 15 is 0 Å². The zero-order valence-corrected chi connectivity index (χ0v) is 18.6. The maximum absolute atomic E-state index is 12.8. The van der Waals surface area contributed by atoms with Gasteiger partial charge >= 0.3 is 0 Å². The average molecular weight is 456 g/mol. The molecule has 0 aliphatic carbocycles. The number of aryl methyl sites for hydroxylation is 1. The summed E-state index contributed by atoms with van der Waals surface area (Å²) in [6.45, 7) is 2.95. The fourth-order valence-corrected chi connectivity index (χ4v) is 5.28. The van der Waals surface area contributed by atoms with Crippen LogP contribution >= 0.6 is 0 Å². The molecule has 1 aliphatic rings. The molecule has 4 rings (SSSR count). The molecule has 1 aliphatic heterocycles. The standard InChI is InChI=1S/C22H25N5O4S/c1-16(28)24-17-4-6-18(7-5-17)25-22(29)10-13-26-15-23-20-14-19(8-9-21(20)26)32(30,31)27-11-2-3-12-27/h4-9,14-15H,2-3,10-13H2,1H3,(H,24,28)(H,25,29). The van der Waals surface area contributed by atoms with Crippen molar-refractivity contribution in [3.8, 4) is 0 Å². The molecule has 1 saturated heterocycles. The molecule has 0 unspecified atom stereocenters. The molecule has 1 aromatic heterocycles. The number of nitrogens with one attached hydrogen (secondary N) is 2. The lowest BCUT2D eigenvalue weighted by molar-refractivity contribution is -0.116. The third-order valence-electron chi connectivity index (χ3n) is 5.36. The Kier molecular flexibility index (Phi) is 6.24. The number of hydrogen-bond acceptors (Lipinski definition) is 5. The topological polar surface area (TPSA) is 113 Å². The summed E-state index contributed by atoms with van der Waals surface area (Å²) >= 11 is 0. The van der Waals surface area contributed by atoms with E-state index < -0.39 is 10.0 Å². The van der Waals surface area contributed by atoms with Crippen molar-refractivity contribution < 1.29 is 18.0 Å². The highest BCUT2D eigenvalue weighted by molar-refractivity contribution is 7.89. The first kappa shape index (κ1) is 22.0. The lowest BCUT2D eigenvalue weighted by atomic mass is 10.2. The predicted octanol–water partition coefficient (Wildman–Crippen LogP) is 2.81. The van der Waals surface area contributed by atoms with Gasteiger partial charge in [0.15, 0.2) is 0 Å². The molecule has 0 atom stereocenters. The number of fused-ring (bicyclic) bond motifs is 1. The molecule has 0 saturated carbocycles. The van der Waals surface area contributed by atoms with Crippen molar-refractivity contribution in [3.63, 3.8) is 0 Å². The largest absolute Gasteiger partial charge is 0.330 e. The van der Waals surface area contributed by atoms with Crippen molar-refractivity contribution in [2.24, 2.45) is 0 Å². The average Bonchev–Trinajstić information content (AvgIpc) is 3.43. The Labute approximate surface area is 186 Å². The Morgan fingerprint density at radius 1 is 1.00 bits per heavy atom. The van der Waals surface area contributed by atoms with E-state index in [2.05, 4.69) is 15.6 Å². The number of imidazole rings is 1. The molecule has 168 valence electrons. The zero-order chi connectivity index (χ0) is 22.7. The third kappa shape index (κ3) is 4.81. The summed E-state index contributed by atoms with van der Waals surface area (Å²) in [7, 11) is -3.49. The molecule has 2 N–H and O–H groups in total. The second-order valence-electron chi connectivity index (χ2n) is 7.76. The van der Waals surface area contributed by atoms with Crippen LogP contribution in [0.3, 0.4) is 0 Å². The van der Waals surface area contributed by atoms with Gasteiger partial charge < -0.3 is 15.2 Å². The number of anilines is 2. The summed E-state index contributed by atoms with van der Waals surface area (Å²) in [5.41, 5.74) is 2.65. The number of rotatable bonds is 7. The quantitative estimate of drug-likeness (QED) is 0.569. The Hall–Kier alpha value is -3.24. The Morgan fingerprint density at radius 3 is 2.31 bits per heavy atom. The van der Waals surface area contributed by atoms with E-state index in [1.165, 1.54) is 11.2 Å². The van der Waals surface area contributed by atoms with E-state index in [4.69, 9.17) is 0 Å². The summed E-state index contributed by atoms with van der Waals surface area (Å²) in [5, 5.41) is 5.50. The molecule has 0 spiro atoms. The smallest absolute Gasteiger partial charge is 0.243 e. The molecule has 1 fully saturated rings. The van der Waals surface area contributed by atoms with Gasteiger partial charge in [0.25, 0.3) is 0 Å². The molecule has 3 aromatic rings. The number of sulfonamides is 1.